The molecule has 1 aliphatic heterocycles. The molecule has 0 N–H and O–H groups in total. The van der Waals surface area contributed by atoms with Crippen LogP contribution in [0, 0.1) is 0 Å². The third kappa shape index (κ3) is 6.92. The average Bonchev–Trinajstić information content (AvgIpc) is 3.68. The highest BCUT2D eigenvalue weighted by Crippen LogP contribution is 2.35. The minimum atomic E-state index is -0.442. The van der Waals surface area contributed by atoms with E-state index in [0.29, 0.717) is 51.0 Å². The predicted molar refractivity (Wildman–Crippen MR) is 187 cm³/mol. The summed E-state index contributed by atoms with van der Waals surface area (Å²) in [4.78, 5) is 28.1. The zero-order valence-corrected chi connectivity index (χ0v) is 29.1. The summed E-state index contributed by atoms with van der Waals surface area (Å²) < 4.78 is 4.14. The van der Waals surface area contributed by atoms with Gasteiger partial charge in [0.1, 0.15) is 0 Å². The van der Waals surface area contributed by atoms with Gasteiger partial charge in [0.25, 0.3) is 11.8 Å². The number of hydrogen-bond acceptors (Lipinski definition) is 7. The lowest BCUT2D eigenvalue weighted by atomic mass is 9.95. The molecular formula is C32H25BrCl4N8O2. The smallest absolute Gasteiger partial charge is 0.267 e. The van der Waals surface area contributed by atoms with Gasteiger partial charge in [-0.2, -0.15) is 5.01 Å². The Hall–Kier alpha value is -3.84. The molecule has 7 rings (SSSR count). The lowest BCUT2D eigenvalue weighted by Crippen LogP contribution is -2.51. The maximum Gasteiger partial charge on any atom is 0.276 e. The van der Waals surface area contributed by atoms with E-state index in [0.717, 1.165) is 21.0 Å². The predicted octanol–water partition coefficient (Wildman–Crippen LogP) is 7.25. The first kappa shape index (κ1) is 34.5. The Bertz CT molecular complexity index is 1990. The molecular weight excluding hydrogens is 750 g/mol. The second-order valence-corrected chi connectivity index (χ2v) is 12.2. The van der Waals surface area contributed by atoms with Crippen molar-refractivity contribution in [3.8, 4) is 0 Å². The molecule has 3 heterocycles. The molecule has 0 fully saturated rings. The first-order valence-corrected chi connectivity index (χ1v) is 15.5. The van der Waals surface area contributed by atoms with Crippen molar-refractivity contribution in [2.24, 2.45) is 0 Å². The van der Waals surface area contributed by atoms with Crippen molar-refractivity contribution in [1.29, 1.82) is 0 Å². The fraction of sp³-hybridized carbons (Fsp3) is 0.125. The minimum absolute atomic E-state index is 0. The van der Waals surface area contributed by atoms with Crippen molar-refractivity contribution in [2.45, 2.75) is 26.2 Å². The van der Waals surface area contributed by atoms with Crippen LogP contribution in [0.3, 0.4) is 0 Å². The molecule has 2 amide bonds. The number of benzene rings is 4. The van der Waals surface area contributed by atoms with Crippen LogP contribution in [0.1, 0.15) is 43.2 Å². The number of carbonyl (C=O) groups excluding carboxylic acids is 2. The topological polar surface area (TPSA) is 102 Å². The highest BCUT2D eigenvalue weighted by molar-refractivity contribution is 9.10. The highest BCUT2D eigenvalue weighted by Gasteiger charge is 2.38. The van der Waals surface area contributed by atoms with Crippen molar-refractivity contribution in [1.82, 2.24) is 40.0 Å². The molecule has 0 spiro atoms. The Morgan fingerprint density at radius 2 is 1.17 bits per heavy atom. The van der Waals surface area contributed by atoms with E-state index in [1.807, 2.05) is 66.7 Å². The number of amides is 2. The summed E-state index contributed by atoms with van der Waals surface area (Å²) in [6, 6.07) is 24.0. The molecule has 10 nitrogen and oxygen atoms in total. The first-order chi connectivity index (χ1) is 21.9. The van der Waals surface area contributed by atoms with Gasteiger partial charge in [0.15, 0.2) is 0 Å². The van der Waals surface area contributed by atoms with Crippen LogP contribution >= 0.6 is 63.9 Å². The number of rotatable bonds is 9. The lowest BCUT2D eigenvalue weighted by Gasteiger charge is -2.35. The maximum absolute atomic E-state index is 14.1. The normalized spacial score (nSPS) is 12.4. The number of hydrazine groups is 1. The van der Waals surface area contributed by atoms with E-state index < -0.39 is 11.8 Å². The summed E-state index contributed by atoms with van der Waals surface area (Å²) in [5, 5.41) is 22.7. The Morgan fingerprint density at radius 3 is 1.70 bits per heavy atom. The molecule has 1 aliphatic rings. The Balaban J connectivity index is 0.00000217. The van der Waals surface area contributed by atoms with Crippen molar-refractivity contribution in [3.05, 3.63) is 139 Å². The summed E-state index contributed by atoms with van der Waals surface area (Å²) in [6.45, 7) is 1.02. The van der Waals surface area contributed by atoms with Gasteiger partial charge >= 0.3 is 0 Å². The van der Waals surface area contributed by atoms with Crippen LogP contribution in [-0.2, 0) is 26.2 Å². The van der Waals surface area contributed by atoms with Crippen LogP contribution in [0.25, 0.3) is 10.8 Å². The van der Waals surface area contributed by atoms with E-state index >= 15 is 0 Å². The second kappa shape index (κ2) is 14.5. The van der Waals surface area contributed by atoms with Gasteiger partial charge in [-0.3, -0.25) is 9.59 Å². The van der Waals surface area contributed by atoms with Crippen LogP contribution in [0.15, 0.2) is 95.7 Å². The molecule has 4 aromatic carbocycles. The average molecular weight is 775 g/mol. The van der Waals surface area contributed by atoms with E-state index in [-0.39, 0.29) is 37.9 Å². The van der Waals surface area contributed by atoms with E-state index in [1.54, 1.807) is 38.9 Å². The zero-order valence-electron chi connectivity index (χ0n) is 24.3. The van der Waals surface area contributed by atoms with Gasteiger partial charge in [0.2, 0.25) is 0 Å². The van der Waals surface area contributed by atoms with Crippen LogP contribution < -0.4 is 0 Å². The van der Waals surface area contributed by atoms with Gasteiger partial charge in [-0.05, 0) is 46.8 Å². The van der Waals surface area contributed by atoms with Gasteiger partial charge in [-0.1, -0.05) is 98.1 Å². The molecule has 0 saturated carbocycles. The molecule has 0 bridgehead atoms. The Morgan fingerprint density at radius 1 is 0.660 bits per heavy atom. The fourth-order valence-corrected chi connectivity index (χ4v) is 6.31. The summed E-state index contributed by atoms with van der Waals surface area (Å²) >= 11 is 16.3. The van der Waals surface area contributed by atoms with Crippen molar-refractivity contribution >= 4 is 86.5 Å². The van der Waals surface area contributed by atoms with Crippen LogP contribution in [-0.4, -0.2) is 51.8 Å². The third-order valence-electron chi connectivity index (χ3n) is 7.56. The molecule has 0 radical (unpaired) electrons. The van der Waals surface area contributed by atoms with Gasteiger partial charge in [0.05, 0.1) is 61.1 Å². The fourth-order valence-electron chi connectivity index (χ4n) is 5.46. The molecule has 0 saturated heterocycles. The van der Waals surface area contributed by atoms with Crippen LogP contribution in [0.2, 0.25) is 10.0 Å². The first-order valence-electron chi connectivity index (χ1n) is 14.0. The van der Waals surface area contributed by atoms with Crippen LogP contribution in [0.5, 0.6) is 0 Å². The van der Waals surface area contributed by atoms with E-state index in [9.17, 15) is 9.59 Å². The van der Waals surface area contributed by atoms with E-state index in [2.05, 4.69) is 36.6 Å². The number of halogens is 5. The molecule has 240 valence electrons. The summed E-state index contributed by atoms with van der Waals surface area (Å²) in [5.74, 6) is -0.883. The molecule has 2 aromatic heterocycles. The molecule has 6 aromatic rings. The van der Waals surface area contributed by atoms with E-state index in [1.165, 1.54) is 5.01 Å². The molecule has 15 heteroatoms. The maximum atomic E-state index is 14.1. The number of aromatic nitrogens is 6. The number of hydrogen-bond donors (Lipinski definition) is 0. The minimum Gasteiger partial charge on any atom is -0.267 e. The van der Waals surface area contributed by atoms with Crippen LogP contribution in [0.4, 0.5) is 0 Å². The number of imide groups is 1. The quantitative estimate of drug-likeness (QED) is 0.143. The molecule has 0 atom stereocenters. The highest BCUT2D eigenvalue weighted by atomic mass is 79.9. The van der Waals surface area contributed by atoms with E-state index in [4.69, 9.17) is 23.2 Å². The number of nitrogens with zero attached hydrogens (tertiary/aromatic N) is 8. The SMILES string of the molecule is Cl.Cl.O=C1c2cccc3c(Br)ccc(c23)C(=O)N1N(Cc1cn(Cc2ccccc2Cl)nn1)Cc1cn(Cc2ccccc2Cl)nn1. The monoisotopic (exact) mass is 772 g/mol. The Kier molecular flexibility index (Phi) is 10.6. The molecule has 0 unspecified atom stereocenters. The van der Waals surface area contributed by atoms with Gasteiger partial charge in [-0.15, -0.1) is 35.0 Å². The van der Waals surface area contributed by atoms with Gasteiger partial charge in [-0.25, -0.2) is 14.4 Å². The van der Waals surface area contributed by atoms with Crippen molar-refractivity contribution in [3.63, 3.8) is 0 Å². The van der Waals surface area contributed by atoms with Crippen molar-refractivity contribution in [2.75, 3.05) is 0 Å². The largest absolute Gasteiger partial charge is 0.276 e. The van der Waals surface area contributed by atoms with Gasteiger partial charge < -0.3 is 0 Å². The lowest BCUT2D eigenvalue weighted by molar-refractivity contribution is -0.0130. The summed E-state index contributed by atoms with van der Waals surface area (Å²) in [7, 11) is 0. The summed E-state index contributed by atoms with van der Waals surface area (Å²) in [6.07, 6.45) is 3.55. The standard InChI is InChI=1S/C32H23BrCl2N8O2.2ClH/c33-27-13-12-26-30-24(27)8-5-9-25(30)31(44)43(32(26)45)42(18-22-16-40(38-36-22)14-20-6-1-3-10-28(20)34)19-23-17-41(39-37-23)15-21-7-2-4-11-29(21)35;;/h1-13,16-17H,14-15,18-19H2;2*1H. The van der Waals surface area contributed by atoms with Gasteiger partial charge in [0, 0.05) is 19.9 Å². The second-order valence-electron chi connectivity index (χ2n) is 10.6. The molecule has 47 heavy (non-hydrogen) atoms. The summed E-state index contributed by atoms with van der Waals surface area (Å²) in [5.41, 5.74) is 3.73. The number of carbonyl (C=O) groups is 2. The third-order valence-corrected chi connectivity index (χ3v) is 8.99. The van der Waals surface area contributed by atoms with Crippen molar-refractivity contribution < 1.29 is 9.59 Å². The zero-order chi connectivity index (χ0) is 31.1. The molecule has 0 aliphatic carbocycles. The Labute approximate surface area is 300 Å².